The van der Waals surface area contributed by atoms with E-state index in [4.69, 9.17) is 11.6 Å². The van der Waals surface area contributed by atoms with Crippen LogP contribution in [0.3, 0.4) is 0 Å². The zero-order valence-corrected chi connectivity index (χ0v) is 17.7. The number of hydrogen-bond donors (Lipinski definition) is 1. The monoisotopic (exact) mass is 468 g/mol. The Morgan fingerprint density at radius 2 is 1.73 bits per heavy atom. The van der Waals surface area contributed by atoms with Crippen LogP contribution in [0.5, 0.6) is 0 Å². The number of aliphatic carboxylic acids is 1. The van der Waals surface area contributed by atoms with Crippen LogP contribution in [0.1, 0.15) is 26.5 Å². The van der Waals surface area contributed by atoms with E-state index in [1.165, 1.54) is 0 Å². The second kappa shape index (κ2) is 8.10. The average molecular weight is 469 g/mol. The molecule has 0 aliphatic heterocycles. The molecule has 0 fully saturated rings. The molecule has 30 heavy (non-hydrogen) atoms. The number of halogens is 5. The van der Waals surface area contributed by atoms with E-state index in [1.807, 2.05) is 0 Å². The number of benzene rings is 1. The van der Waals surface area contributed by atoms with Crippen molar-refractivity contribution in [2.45, 2.75) is 37.1 Å². The molecule has 1 heterocycles. The second-order valence-electron chi connectivity index (χ2n) is 7.48. The number of thioether (sulfide) groups is 1. The molecule has 0 amide bonds. The molecule has 0 aliphatic carbocycles. The van der Waals surface area contributed by atoms with Gasteiger partial charge in [-0.1, -0.05) is 32.4 Å². The van der Waals surface area contributed by atoms with Crippen LogP contribution in [-0.4, -0.2) is 25.5 Å². The summed E-state index contributed by atoms with van der Waals surface area (Å²) in [5.74, 6) is -2.30. The molecule has 0 saturated heterocycles. The van der Waals surface area contributed by atoms with Gasteiger partial charge < -0.3 is 5.11 Å². The van der Waals surface area contributed by atoms with E-state index in [0.29, 0.717) is 0 Å². The minimum absolute atomic E-state index is 0.0456. The maximum Gasteiger partial charge on any atom is 0.431 e. The first kappa shape index (κ1) is 24.0. The number of aromatic nitrogens is 2. The highest BCUT2D eigenvalue weighted by atomic mass is 35.5. The fraction of sp³-hybridized carbons (Fsp3) is 0.389. The Hall–Kier alpha value is -2.27. The topological polar surface area (TPSA) is 81.3 Å². The molecule has 0 radical (unpaired) electrons. The lowest BCUT2D eigenvalue weighted by molar-refractivity contribution is -0.144. The summed E-state index contributed by atoms with van der Waals surface area (Å²) >= 11 is 6.78. The number of alkyl halides is 3. The molecular weight excluding hydrogens is 452 g/mol. The first-order valence-electron chi connectivity index (χ1n) is 8.35. The van der Waals surface area contributed by atoms with E-state index in [-0.39, 0.29) is 25.1 Å². The predicted molar refractivity (Wildman–Crippen MR) is 104 cm³/mol. The Bertz CT molecular complexity index is 1120. The first-order chi connectivity index (χ1) is 13.6. The van der Waals surface area contributed by atoms with Crippen LogP contribution in [0.15, 0.2) is 32.7 Å². The lowest BCUT2D eigenvalue weighted by Crippen LogP contribution is -2.41. The van der Waals surface area contributed by atoms with Gasteiger partial charge in [0, 0.05) is 18.0 Å². The SMILES string of the molecule is Cn1c(C(F)(F)F)cc(=O)n(-c2cc(SC(C(=O)O)C(C)(C)C)c(Cl)cc2F)c1=O. The van der Waals surface area contributed by atoms with Crippen molar-refractivity contribution < 1.29 is 27.5 Å². The quantitative estimate of drug-likeness (QED) is 0.543. The largest absolute Gasteiger partial charge is 0.480 e. The molecule has 0 bridgehead atoms. The van der Waals surface area contributed by atoms with Gasteiger partial charge in [0.15, 0.2) is 0 Å². The van der Waals surface area contributed by atoms with Crippen molar-refractivity contribution in [3.8, 4) is 5.69 Å². The van der Waals surface area contributed by atoms with E-state index in [0.717, 1.165) is 30.9 Å². The highest BCUT2D eigenvalue weighted by molar-refractivity contribution is 8.00. The number of carboxylic acids is 1. The van der Waals surface area contributed by atoms with Crippen molar-refractivity contribution in [1.29, 1.82) is 0 Å². The summed E-state index contributed by atoms with van der Waals surface area (Å²) in [6, 6.07) is 1.92. The van der Waals surface area contributed by atoms with Crippen molar-refractivity contribution in [2.75, 3.05) is 0 Å². The zero-order valence-electron chi connectivity index (χ0n) is 16.2. The first-order valence-corrected chi connectivity index (χ1v) is 9.60. The van der Waals surface area contributed by atoms with Crippen LogP contribution in [0.4, 0.5) is 17.6 Å². The van der Waals surface area contributed by atoms with Crippen LogP contribution in [0.2, 0.25) is 5.02 Å². The van der Waals surface area contributed by atoms with Gasteiger partial charge in [0.25, 0.3) is 5.56 Å². The molecule has 2 rings (SSSR count). The summed E-state index contributed by atoms with van der Waals surface area (Å²) in [5, 5.41) is 8.28. The van der Waals surface area contributed by atoms with Crippen molar-refractivity contribution in [2.24, 2.45) is 12.5 Å². The molecule has 164 valence electrons. The molecule has 2 aromatic rings. The van der Waals surface area contributed by atoms with E-state index in [9.17, 15) is 37.1 Å². The number of carboxylic acid groups (broad SMARTS) is 1. The highest BCUT2D eigenvalue weighted by Crippen LogP contribution is 2.40. The van der Waals surface area contributed by atoms with Gasteiger partial charge in [-0.25, -0.2) is 13.8 Å². The third-order valence-corrected chi connectivity index (χ3v) is 6.27. The molecule has 1 aromatic heterocycles. The molecule has 6 nitrogen and oxygen atoms in total. The van der Waals surface area contributed by atoms with Gasteiger partial charge in [-0.2, -0.15) is 13.2 Å². The van der Waals surface area contributed by atoms with E-state index >= 15 is 0 Å². The number of rotatable bonds is 4. The van der Waals surface area contributed by atoms with Crippen LogP contribution < -0.4 is 11.2 Å². The van der Waals surface area contributed by atoms with Crippen molar-refractivity contribution >= 4 is 29.3 Å². The third kappa shape index (κ3) is 4.72. The molecule has 0 saturated carbocycles. The maximum absolute atomic E-state index is 14.5. The van der Waals surface area contributed by atoms with Gasteiger partial charge in [0.1, 0.15) is 16.8 Å². The normalized spacial score (nSPS) is 13.4. The summed E-state index contributed by atoms with van der Waals surface area (Å²) in [6.45, 7) is 4.98. The second-order valence-corrected chi connectivity index (χ2v) is 9.03. The van der Waals surface area contributed by atoms with Gasteiger partial charge >= 0.3 is 17.8 Å². The number of hydrogen-bond acceptors (Lipinski definition) is 4. The smallest absolute Gasteiger partial charge is 0.431 e. The van der Waals surface area contributed by atoms with Crippen LogP contribution in [0, 0.1) is 11.2 Å². The fourth-order valence-electron chi connectivity index (χ4n) is 2.62. The number of nitrogens with zero attached hydrogens (tertiary/aromatic N) is 2. The lowest BCUT2D eigenvalue weighted by Gasteiger charge is -2.27. The van der Waals surface area contributed by atoms with Gasteiger partial charge in [0.05, 0.1) is 10.7 Å². The Kier molecular flexibility index (Phi) is 6.48. The molecule has 12 heteroatoms. The van der Waals surface area contributed by atoms with E-state index < -0.39 is 51.3 Å². The Morgan fingerprint density at radius 3 is 2.20 bits per heavy atom. The molecule has 1 atom stereocenters. The zero-order chi connectivity index (χ0) is 23.2. The molecule has 0 spiro atoms. The van der Waals surface area contributed by atoms with Crippen LogP contribution >= 0.6 is 23.4 Å². The summed E-state index contributed by atoms with van der Waals surface area (Å²) < 4.78 is 54.0. The van der Waals surface area contributed by atoms with E-state index in [1.54, 1.807) is 20.8 Å². The van der Waals surface area contributed by atoms with Crippen molar-refractivity contribution in [1.82, 2.24) is 9.13 Å². The summed E-state index contributed by atoms with van der Waals surface area (Å²) in [7, 11) is 0.796. The third-order valence-electron chi connectivity index (χ3n) is 4.11. The predicted octanol–water partition coefficient (Wildman–Crippen LogP) is 3.94. The van der Waals surface area contributed by atoms with Gasteiger partial charge in [-0.05, 0) is 17.5 Å². The van der Waals surface area contributed by atoms with Gasteiger partial charge in [-0.3, -0.25) is 14.2 Å². The van der Waals surface area contributed by atoms with Crippen LogP contribution in [-0.2, 0) is 18.0 Å². The van der Waals surface area contributed by atoms with Crippen LogP contribution in [0.25, 0.3) is 5.69 Å². The summed E-state index contributed by atoms with van der Waals surface area (Å²) in [6.07, 6.45) is -4.97. The molecular formula is C18H17ClF4N2O4S. The van der Waals surface area contributed by atoms with E-state index in [2.05, 4.69) is 0 Å². The van der Waals surface area contributed by atoms with Gasteiger partial charge in [-0.15, -0.1) is 11.8 Å². The minimum atomic E-state index is -4.97. The summed E-state index contributed by atoms with van der Waals surface area (Å²) in [4.78, 5) is 36.3. The Morgan fingerprint density at radius 1 is 1.17 bits per heavy atom. The average Bonchev–Trinajstić information content (AvgIpc) is 2.56. The molecule has 1 aromatic carbocycles. The number of carbonyl (C=O) groups is 1. The minimum Gasteiger partial charge on any atom is -0.480 e. The molecule has 1 unspecified atom stereocenters. The highest BCUT2D eigenvalue weighted by Gasteiger charge is 2.36. The Labute approximate surface area is 177 Å². The summed E-state index contributed by atoms with van der Waals surface area (Å²) in [5.41, 5.74) is -5.68. The van der Waals surface area contributed by atoms with Crippen molar-refractivity contribution in [3.63, 3.8) is 0 Å². The Balaban J connectivity index is 2.73. The van der Waals surface area contributed by atoms with Gasteiger partial charge in [0.2, 0.25) is 0 Å². The maximum atomic E-state index is 14.5. The molecule has 1 N–H and O–H groups in total. The fourth-order valence-corrected chi connectivity index (χ4v) is 3.97. The van der Waals surface area contributed by atoms with Crippen molar-refractivity contribution in [3.05, 3.63) is 55.6 Å². The molecule has 0 aliphatic rings. The standard InChI is InChI=1S/C18H17ClF4N2O4S/c1-17(2,3)14(15(27)28)30-11-6-10(9(20)5-8(11)19)25-13(26)7-12(18(21,22)23)24(4)16(25)29/h5-7,14H,1-4H3,(H,27,28). The lowest BCUT2D eigenvalue weighted by atomic mass is 9.92.